The average molecular weight is 288 g/mol. The Morgan fingerprint density at radius 3 is 2.62 bits per heavy atom. The van der Waals surface area contributed by atoms with Gasteiger partial charge in [0.1, 0.15) is 0 Å². The first-order valence-electron chi connectivity index (χ1n) is 6.63. The number of imide groups is 1. The number of carbonyl (C=O) groups excluding carboxylic acids is 3. The molecule has 1 saturated heterocycles. The highest BCUT2D eigenvalue weighted by Crippen LogP contribution is 2.38. The molecule has 3 rings (SSSR count). The molecule has 0 radical (unpaired) electrons. The topological polar surface area (TPSA) is 106 Å². The van der Waals surface area contributed by atoms with E-state index in [1.807, 2.05) is 0 Å². The fourth-order valence-corrected chi connectivity index (χ4v) is 3.12. The number of nitro benzene ring substituents is 1. The Hall–Kier alpha value is -2.57. The summed E-state index contributed by atoms with van der Waals surface area (Å²) >= 11 is 0. The molecule has 0 spiro atoms. The Balaban J connectivity index is 1.94. The van der Waals surface area contributed by atoms with Crippen molar-refractivity contribution in [2.45, 2.75) is 19.3 Å². The molecule has 1 aromatic carbocycles. The van der Waals surface area contributed by atoms with Crippen LogP contribution in [0.2, 0.25) is 0 Å². The van der Waals surface area contributed by atoms with Gasteiger partial charge >= 0.3 is 0 Å². The Morgan fingerprint density at radius 2 is 1.95 bits per heavy atom. The molecule has 108 valence electrons. The van der Waals surface area contributed by atoms with Gasteiger partial charge in [0.2, 0.25) is 11.8 Å². The number of piperidine rings is 1. The van der Waals surface area contributed by atoms with Crippen LogP contribution in [0.4, 0.5) is 5.69 Å². The molecule has 1 fully saturated rings. The maximum absolute atomic E-state index is 12.4. The molecule has 1 heterocycles. The second kappa shape index (κ2) is 4.76. The van der Waals surface area contributed by atoms with Gasteiger partial charge in [-0.3, -0.25) is 29.8 Å². The van der Waals surface area contributed by atoms with Gasteiger partial charge in [0.05, 0.1) is 4.92 Å². The van der Waals surface area contributed by atoms with Gasteiger partial charge in [0, 0.05) is 35.4 Å². The van der Waals surface area contributed by atoms with E-state index in [0.717, 1.165) is 0 Å². The van der Waals surface area contributed by atoms with Crippen molar-refractivity contribution in [3.8, 4) is 0 Å². The van der Waals surface area contributed by atoms with Gasteiger partial charge in [0.15, 0.2) is 5.78 Å². The molecule has 2 amide bonds. The van der Waals surface area contributed by atoms with Gasteiger partial charge < -0.3 is 0 Å². The van der Waals surface area contributed by atoms with Crippen molar-refractivity contribution in [1.82, 2.24) is 5.32 Å². The van der Waals surface area contributed by atoms with Crippen LogP contribution in [-0.2, 0) is 16.0 Å². The summed E-state index contributed by atoms with van der Waals surface area (Å²) in [6.07, 6.45) is 0.680. The fraction of sp³-hybridized carbons (Fsp3) is 0.357. The van der Waals surface area contributed by atoms with Crippen LogP contribution in [-0.4, -0.2) is 22.5 Å². The number of nitro groups is 1. The van der Waals surface area contributed by atoms with E-state index in [2.05, 4.69) is 5.32 Å². The van der Waals surface area contributed by atoms with E-state index in [1.165, 1.54) is 12.1 Å². The summed E-state index contributed by atoms with van der Waals surface area (Å²) in [6, 6.07) is 4.39. The third kappa shape index (κ3) is 2.10. The maximum atomic E-state index is 12.4. The van der Waals surface area contributed by atoms with Gasteiger partial charge in [-0.15, -0.1) is 0 Å². The minimum absolute atomic E-state index is 0.0874. The van der Waals surface area contributed by atoms with E-state index in [-0.39, 0.29) is 30.2 Å². The summed E-state index contributed by atoms with van der Waals surface area (Å²) in [5.74, 6) is -2.26. The van der Waals surface area contributed by atoms with Crippen LogP contribution in [0.25, 0.3) is 0 Å². The minimum Gasteiger partial charge on any atom is -0.296 e. The molecule has 1 N–H and O–H groups in total. The standard InChI is InChI=1S/C14H12N2O5/c17-12-5-4-8(14(19)15-12)10-6-9-7(13(10)18)2-1-3-11(9)16(20)21/h1-3,8,10H,4-6H2,(H,15,17,19). The van der Waals surface area contributed by atoms with Crippen molar-refractivity contribution in [3.63, 3.8) is 0 Å². The van der Waals surface area contributed by atoms with Crippen LogP contribution in [0.15, 0.2) is 18.2 Å². The summed E-state index contributed by atoms with van der Waals surface area (Å²) in [5.41, 5.74) is 0.622. The largest absolute Gasteiger partial charge is 0.296 e. The molecule has 2 atom stereocenters. The second-order valence-electron chi connectivity index (χ2n) is 5.29. The number of rotatable bonds is 2. The molecule has 2 unspecified atom stereocenters. The SMILES string of the molecule is O=C1CCC(C2Cc3c(cccc3[N+](=O)[O-])C2=O)C(=O)N1. The molecule has 1 aromatic rings. The highest BCUT2D eigenvalue weighted by molar-refractivity contribution is 6.07. The Bertz CT molecular complexity index is 682. The lowest BCUT2D eigenvalue weighted by Crippen LogP contribution is -2.44. The molecule has 7 heteroatoms. The minimum atomic E-state index is -0.616. The average Bonchev–Trinajstić information content (AvgIpc) is 2.76. The number of nitrogens with one attached hydrogen (secondary N) is 1. The molecule has 2 aliphatic rings. The van der Waals surface area contributed by atoms with Crippen LogP contribution in [0.3, 0.4) is 0 Å². The lowest BCUT2D eigenvalue weighted by Gasteiger charge is -2.24. The molecular weight excluding hydrogens is 276 g/mol. The summed E-state index contributed by atoms with van der Waals surface area (Å²) in [4.78, 5) is 46.0. The van der Waals surface area contributed by atoms with Gasteiger partial charge in [-0.2, -0.15) is 0 Å². The molecule has 1 aliphatic carbocycles. The first kappa shape index (κ1) is 13.4. The highest BCUT2D eigenvalue weighted by atomic mass is 16.6. The molecule has 1 aliphatic heterocycles. The number of amides is 2. The van der Waals surface area contributed by atoms with E-state index in [1.54, 1.807) is 6.07 Å². The zero-order valence-corrected chi connectivity index (χ0v) is 11.0. The lowest BCUT2D eigenvalue weighted by atomic mass is 9.83. The Morgan fingerprint density at radius 1 is 1.19 bits per heavy atom. The number of carbonyl (C=O) groups is 3. The van der Waals surface area contributed by atoms with Crippen LogP contribution in [0.5, 0.6) is 0 Å². The normalized spacial score (nSPS) is 24.7. The van der Waals surface area contributed by atoms with Crippen LogP contribution in [0.1, 0.15) is 28.8 Å². The number of hydrogen-bond acceptors (Lipinski definition) is 5. The molecular formula is C14H12N2O5. The lowest BCUT2D eigenvalue weighted by molar-refractivity contribution is -0.385. The number of Topliss-reactive ketones (excluding diaryl/α,β-unsaturated/α-hetero) is 1. The van der Waals surface area contributed by atoms with E-state index in [9.17, 15) is 24.5 Å². The van der Waals surface area contributed by atoms with Gasteiger partial charge in [-0.05, 0) is 12.8 Å². The summed E-state index contributed by atoms with van der Waals surface area (Å²) < 4.78 is 0. The van der Waals surface area contributed by atoms with Crippen LogP contribution in [0, 0.1) is 22.0 Å². The monoisotopic (exact) mass is 288 g/mol. The van der Waals surface area contributed by atoms with E-state index >= 15 is 0 Å². The Kier molecular flexibility index (Phi) is 3.04. The predicted octanol–water partition coefficient (Wildman–Crippen LogP) is 1.00. The predicted molar refractivity (Wildman–Crippen MR) is 70.5 cm³/mol. The van der Waals surface area contributed by atoms with Crippen molar-refractivity contribution < 1.29 is 19.3 Å². The Labute approximate surface area is 119 Å². The number of nitrogens with zero attached hydrogens (tertiary/aromatic N) is 1. The van der Waals surface area contributed by atoms with E-state index in [0.29, 0.717) is 17.5 Å². The number of ketones is 1. The smallest absolute Gasteiger partial charge is 0.273 e. The third-order valence-electron chi connectivity index (χ3n) is 4.14. The summed E-state index contributed by atoms with van der Waals surface area (Å²) in [7, 11) is 0. The van der Waals surface area contributed by atoms with Crippen molar-refractivity contribution in [1.29, 1.82) is 0 Å². The maximum Gasteiger partial charge on any atom is 0.273 e. The zero-order chi connectivity index (χ0) is 15.1. The van der Waals surface area contributed by atoms with Crippen LogP contribution < -0.4 is 5.32 Å². The summed E-state index contributed by atoms with van der Waals surface area (Å²) in [6.45, 7) is 0. The third-order valence-corrected chi connectivity index (χ3v) is 4.14. The number of fused-ring (bicyclic) bond motifs is 1. The number of hydrogen-bond donors (Lipinski definition) is 1. The summed E-state index contributed by atoms with van der Waals surface area (Å²) in [5, 5.41) is 13.3. The van der Waals surface area contributed by atoms with E-state index < -0.39 is 22.7 Å². The molecule has 21 heavy (non-hydrogen) atoms. The van der Waals surface area contributed by atoms with Crippen molar-refractivity contribution in [3.05, 3.63) is 39.4 Å². The molecule has 0 saturated carbocycles. The second-order valence-corrected chi connectivity index (χ2v) is 5.29. The highest BCUT2D eigenvalue weighted by Gasteiger charge is 2.43. The first-order chi connectivity index (χ1) is 9.99. The van der Waals surface area contributed by atoms with Crippen molar-refractivity contribution in [2.24, 2.45) is 11.8 Å². The van der Waals surface area contributed by atoms with Gasteiger partial charge in [-0.25, -0.2) is 0 Å². The van der Waals surface area contributed by atoms with Crippen molar-refractivity contribution in [2.75, 3.05) is 0 Å². The fourth-order valence-electron chi connectivity index (χ4n) is 3.12. The molecule has 7 nitrogen and oxygen atoms in total. The first-order valence-corrected chi connectivity index (χ1v) is 6.63. The van der Waals surface area contributed by atoms with E-state index in [4.69, 9.17) is 0 Å². The molecule has 0 bridgehead atoms. The molecule has 0 aromatic heterocycles. The quantitative estimate of drug-likeness (QED) is 0.496. The number of benzene rings is 1. The van der Waals surface area contributed by atoms with Crippen LogP contribution >= 0.6 is 0 Å². The zero-order valence-electron chi connectivity index (χ0n) is 11.0. The van der Waals surface area contributed by atoms with Gasteiger partial charge in [0.25, 0.3) is 5.69 Å². The van der Waals surface area contributed by atoms with Gasteiger partial charge in [-0.1, -0.05) is 12.1 Å². The van der Waals surface area contributed by atoms with Crippen molar-refractivity contribution >= 4 is 23.3 Å².